The molecule has 0 bridgehead atoms. The van der Waals surface area contributed by atoms with Gasteiger partial charge in [0.25, 0.3) is 5.91 Å². The van der Waals surface area contributed by atoms with E-state index in [9.17, 15) is 18.8 Å². The van der Waals surface area contributed by atoms with Crippen molar-refractivity contribution in [2.45, 2.75) is 12.8 Å². The quantitative estimate of drug-likeness (QED) is 0.722. The summed E-state index contributed by atoms with van der Waals surface area (Å²) in [6.07, 6.45) is -0.674. The summed E-state index contributed by atoms with van der Waals surface area (Å²) >= 11 is 5.84. The van der Waals surface area contributed by atoms with Crippen LogP contribution in [0.15, 0.2) is 48.5 Å². The van der Waals surface area contributed by atoms with E-state index in [1.54, 1.807) is 24.3 Å². The largest absolute Gasteiger partial charge is 0.355 e. The number of benzene rings is 2. The van der Waals surface area contributed by atoms with Crippen LogP contribution in [-0.4, -0.2) is 48.5 Å². The van der Waals surface area contributed by atoms with Crippen LogP contribution in [-0.2, 0) is 20.9 Å². The summed E-state index contributed by atoms with van der Waals surface area (Å²) in [7, 11) is 0. The molecule has 2 aromatic rings. The number of ether oxygens (including phenoxy) is 1. The third-order valence-corrected chi connectivity index (χ3v) is 4.60. The molecule has 7 nitrogen and oxygen atoms in total. The lowest BCUT2D eigenvalue weighted by atomic mass is 10.2. The number of carbonyl (C=O) groups excluding carboxylic acids is 3. The number of hydrogen-bond acceptors (Lipinski definition) is 4. The first-order valence-corrected chi connectivity index (χ1v) is 9.30. The zero-order chi connectivity index (χ0) is 20.8. The van der Waals surface area contributed by atoms with Crippen molar-refractivity contribution in [3.05, 3.63) is 70.5 Å². The lowest BCUT2D eigenvalue weighted by molar-refractivity contribution is -0.139. The van der Waals surface area contributed by atoms with Crippen LogP contribution >= 0.6 is 11.6 Å². The van der Waals surface area contributed by atoms with Gasteiger partial charge in [-0.25, -0.2) is 4.39 Å². The molecular formula is C20H19ClFN3O4. The van der Waals surface area contributed by atoms with E-state index < -0.39 is 18.0 Å². The molecule has 1 aliphatic heterocycles. The molecule has 0 unspecified atom stereocenters. The maximum Gasteiger partial charge on any atom is 0.309 e. The summed E-state index contributed by atoms with van der Waals surface area (Å²) in [6.45, 7) is 0.769. The fourth-order valence-electron chi connectivity index (χ4n) is 2.81. The van der Waals surface area contributed by atoms with Crippen LogP contribution in [0.5, 0.6) is 0 Å². The molecule has 2 aromatic carbocycles. The molecule has 1 atom stereocenters. The van der Waals surface area contributed by atoms with Crippen molar-refractivity contribution < 1.29 is 23.5 Å². The van der Waals surface area contributed by atoms with Crippen molar-refractivity contribution >= 4 is 29.3 Å². The molecule has 0 aromatic heterocycles. The zero-order valence-electron chi connectivity index (χ0n) is 15.4. The van der Waals surface area contributed by atoms with Crippen molar-refractivity contribution in [2.24, 2.45) is 0 Å². The molecule has 152 valence electrons. The van der Waals surface area contributed by atoms with Crippen LogP contribution in [0.4, 0.5) is 4.39 Å². The molecule has 0 aliphatic carbocycles. The lowest BCUT2D eigenvalue weighted by Crippen LogP contribution is -2.47. The summed E-state index contributed by atoms with van der Waals surface area (Å²) < 4.78 is 18.4. The van der Waals surface area contributed by atoms with E-state index in [-0.39, 0.29) is 24.8 Å². The Morgan fingerprint density at radius 2 is 1.69 bits per heavy atom. The van der Waals surface area contributed by atoms with Gasteiger partial charge in [0.15, 0.2) is 0 Å². The first-order chi connectivity index (χ1) is 13.9. The van der Waals surface area contributed by atoms with Gasteiger partial charge in [0.05, 0.1) is 13.2 Å². The van der Waals surface area contributed by atoms with Crippen LogP contribution in [0.25, 0.3) is 0 Å². The van der Waals surface area contributed by atoms with Crippen LogP contribution in [0.1, 0.15) is 15.9 Å². The van der Waals surface area contributed by atoms with Crippen LogP contribution < -0.4 is 10.6 Å². The van der Waals surface area contributed by atoms with Crippen molar-refractivity contribution in [1.82, 2.24) is 15.5 Å². The van der Waals surface area contributed by atoms with Gasteiger partial charge in [-0.15, -0.1) is 0 Å². The van der Waals surface area contributed by atoms with Crippen LogP contribution in [0, 0.1) is 5.82 Å². The van der Waals surface area contributed by atoms with E-state index in [1.165, 1.54) is 29.2 Å². The Morgan fingerprint density at radius 1 is 1.03 bits per heavy atom. The Morgan fingerprint density at radius 3 is 2.38 bits per heavy atom. The van der Waals surface area contributed by atoms with E-state index in [0.29, 0.717) is 29.3 Å². The van der Waals surface area contributed by atoms with Gasteiger partial charge in [0, 0.05) is 23.7 Å². The summed E-state index contributed by atoms with van der Waals surface area (Å²) in [5, 5.41) is 5.44. The molecule has 3 rings (SSSR count). The highest BCUT2D eigenvalue weighted by atomic mass is 35.5. The maximum absolute atomic E-state index is 12.9. The van der Waals surface area contributed by atoms with E-state index in [4.69, 9.17) is 16.3 Å². The third kappa shape index (κ3) is 5.52. The highest BCUT2D eigenvalue weighted by Gasteiger charge is 2.31. The zero-order valence-corrected chi connectivity index (χ0v) is 16.1. The number of amides is 3. The van der Waals surface area contributed by atoms with Gasteiger partial charge in [0.1, 0.15) is 12.0 Å². The number of nitrogens with one attached hydrogen (secondary N) is 2. The fourth-order valence-corrected chi connectivity index (χ4v) is 2.93. The number of rotatable bonds is 5. The minimum atomic E-state index is -0.846. The number of nitrogens with zero attached hydrogens (tertiary/aromatic N) is 1. The highest BCUT2D eigenvalue weighted by molar-refractivity contribution is 6.35. The van der Waals surface area contributed by atoms with Gasteiger partial charge >= 0.3 is 11.8 Å². The Kier molecular flexibility index (Phi) is 6.79. The standard InChI is InChI=1S/C20H19ClFN3O4/c21-15-5-3-14(4-6-15)20(28)25-9-10-29-17(25)12-24-19(27)18(26)23-11-13-1-7-16(22)8-2-13/h1-8,17H,9-12H2,(H,23,26)(H,24,27)/t17-/m1/s1. The van der Waals surface area contributed by atoms with Gasteiger partial charge in [-0.05, 0) is 42.0 Å². The van der Waals surface area contributed by atoms with E-state index in [2.05, 4.69) is 10.6 Å². The second-order valence-electron chi connectivity index (χ2n) is 6.35. The van der Waals surface area contributed by atoms with Crippen molar-refractivity contribution in [3.8, 4) is 0 Å². The minimum Gasteiger partial charge on any atom is -0.355 e. The number of carbonyl (C=O) groups is 3. The summed E-state index contributed by atoms with van der Waals surface area (Å²) in [5.41, 5.74) is 1.11. The van der Waals surface area contributed by atoms with Crippen molar-refractivity contribution in [1.29, 1.82) is 0 Å². The molecule has 0 saturated carbocycles. The average molecular weight is 420 g/mol. The molecule has 3 amide bonds. The normalized spacial score (nSPS) is 15.8. The van der Waals surface area contributed by atoms with Gasteiger partial charge in [-0.3, -0.25) is 14.4 Å². The molecule has 2 N–H and O–H groups in total. The maximum atomic E-state index is 12.9. The summed E-state index contributed by atoms with van der Waals surface area (Å²) in [6, 6.07) is 12.0. The van der Waals surface area contributed by atoms with E-state index >= 15 is 0 Å². The molecule has 9 heteroatoms. The first kappa shape index (κ1) is 20.8. The summed E-state index contributed by atoms with van der Waals surface area (Å²) in [4.78, 5) is 38.0. The number of hydrogen-bond donors (Lipinski definition) is 2. The number of halogens is 2. The molecule has 0 radical (unpaired) electrons. The van der Waals surface area contributed by atoms with E-state index in [1.807, 2.05) is 0 Å². The average Bonchev–Trinajstić information content (AvgIpc) is 3.20. The van der Waals surface area contributed by atoms with Gasteiger partial charge in [-0.1, -0.05) is 23.7 Å². The molecular weight excluding hydrogens is 401 g/mol. The molecule has 1 fully saturated rings. The second-order valence-corrected chi connectivity index (χ2v) is 6.79. The molecule has 1 saturated heterocycles. The van der Waals surface area contributed by atoms with Crippen LogP contribution in [0.3, 0.4) is 0 Å². The second kappa shape index (κ2) is 9.49. The first-order valence-electron chi connectivity index (χ1n) is 8.92. The van der Waals surface area contributed by atoms with Crippen molar-refractivity contribution in [3.63, 3.8) is 0 Å². The summed E-state index contributed by atoms with van der Waals surface area (Å²) in [5.74, 6) is -2.31. The molecule has 1 heterocycles. The predicted molar refractivity (Wildman–Crippen MR) is 103 cm³/mol. The third-order valence-electron chi connectivity index (χ3n) is 4.35. The Balaban J connectivity index is 1.49. The van der Waals surface area contributed by atoms with E-state index in [0.717, 1.165) is 0 Å². The monoisotopic (exact) mass is 419 g/mol. The SMILES string of the molecule is O=C(NCc1ccc(F)cc1)C(=O)NC[C@H]1OCCN1C(=O)c1ccc(Cl)cc1. The fraction of sp³-hybridized carbons (Fsp3) is 0.250. The smallest absolute Gasteiger partial charge is 0.309 e. The molecule has 1 aliphatic rings. The Hall–Kier alpha value is -2.97. The lowest BCUT2D eigenvalue weighted by Gasteiger charge is -2.23. The minimum absolute atomic E-state index is 0.0257. The Bertz CT molecular complexity index is 890. The van der Waals surface area contributed by atoms with Gasteiger partial charge in [-0.2, -0.15) is 0 Å². The van der Waals surface area contributed by atoms with Crippen LogP contribution in [0.2, 0.25) is 5.02 Å². The molecule has 29 heavy (non-hydrogen) atoms. The van der Waals surface area contributed by atoms with Gasteiger partial charge in [0.2, 0.25) is 0 Å². The predicted octanol–water partition coefficient (Wildman–Crippen LogP) is 1.71. The van der Waals surface area contributed by atoms with Gasteiger partial charge < -0.3 is 20.3 Å². The van der Waals surface area contributed by atoms with Crippen molar-refractivity contribution in [2.75, 3.05) is 19.7 Å². The molecule has 0 spiro atoms. The topological polar surface area (TPSA) is 87.7 Å². The Labute approximate surface area is 171 Å². The highest BCUT2D eigenvalue weighted by Crippen LogP contribution is 2.16.